The van der Waals surface area contributed by atoms with Crippen LogP contribution < -0.4 is 0 Å². The molecule has 0 saturated carbocycles. The zero-order valence-electron chi connectivity index (χ0n) is 12.0. The predicted octanol–water partition coefficient (Wildman–Crippen LogP) is 2.60. The Morgan fingerprint density at radius 3 is 2.06 bits per heavy atom. The second-order valence-corrected chi connectivity index (χ2v) is 6.15. The molecule has 0 aromatic rings. The summed E-state index contributed by atoms with van der Waals surface area (Å²) in [6.45, 7) is 15.5. The molecule has 102 valence electrons. The van der Waals surface area contributed by atoms with E-state index in [4.69, 9.17) is 0 Å². The van der Waals surface area contributed by atoms with E-state index in [0.29, 0.717) is 0 Å². The molecule has 1 heterocycles. The maximum absolute atomic E-state index is 4.48. The molecule has 17 heavy (non-hydrogen) atoms. The molecular formula is C14H30N2S. The molecular weight excluding hydrogens is 228 g/mol. The van der Waals surface area contributed by atoms with Crippen molar-refractivity contribution in [1.82, 2.24) is 9.80 Å². The Hall–Kier alpha value is 0.270. The third kappa shape index (κ3) is 4.80. The molecule has 0 N–H and O–H groups in total. The average Bonchev–Trinajstić information content (AvgIpc) is 2.35. The summed E-state index contributed by atoms with van der Waals surface area (Å²) in [4.78, 5) is 5.25. The number of hydrogen-bond donors (Lipinski definition) is 1. The van der Waals surface area contributed by atoms with Crippen molar-refractivity contribution in [2.75, 3.05) is 38.5 Å². The molecule has 1 saturated heterocycles. The Kier molecular flexibility index (Phi) is 6.90. The zero-order chi connectivity index (χ0) is 12.8. The Bertz CT molecular complexity index is 200. The molecule has 2 nitrogen and oxygen atoms in total. The topological polar surface area (TPSA) is 6.48 Å². The molecule has 1 rings (SSSR count). The summed E-state index contributed by atoms with van der Waals surface area (Å²) in [7, 11) is 0. The SMILES string of the molecule is CCC(C)N1CCN(CC(CS)C(C)C)CC1. The van der Waals surface area contributed by atoms with Crippen molar-refractivity contribution in [1.29, 1.82) is 0 Å². The maximum Gasteiger partial charge on any atom is 0.0113 e. The molecule has 0 spiro atoms. The van der Waals surface area contributed by atoms with E-state index >= 15 is 0 Å². The van der Waals surface area contributed by atoms with Gasteiger partial charge in [-0.25, -0.2) is 0 Å². The average molecular weight is 258 g/mol. The predicted molar refractivity (Wildman–Crippen MR) is 79.9 cm³/mol. The Labute approximate surface area is 113 Å². The molecule has 3 heteroatoms. The van der Waals surface area contributed by atoms with Crippen LogP contribution in [-0.2, 0) is 0 Å². The summed E-state index contributed by atoms with van der Waals surface area (Å²) in [6.07, 6.45) is 1.27. The van der Waals surface area contributed by atoms with Crippen LogP contribution in [0.15, 0.2) is 0 Å². The van der Waals surface area contributed by atoms with Crippen molar-refractivity contribution in [3.05, 3.63) is 0 Å². The summed E-state index contributed by atoms with van der Waals surface area (Å²) in [5, 5.41) is 0. The van der Waals surface area contributed by atoms with E-state index in [1.165, 1.54) is 39.1 Å². The first-order valence-electron chi connectivity index (χ1n) is 7.15. The third-order valence-corrected chi connectivity index (χ3v) is 4.76. The first-order chi connectivity index (χ1) is 8.08. The molecule has 0 radical (unpaired) electrons. The highest BCUT2D eigenvalue weighted by Gasteiger charge is 2.22. The summed E-state index contributed by atoms with van der Waals surface area (Å²) in [5.74, 6) is 2.51. The third-order valence-electron chi connectivity index (χ3n) is 4.29. The van der Waals surface area contributed by atoms with Crippen molar-refractivity contribution >= 4 is 12.6 Å². The van der Waals surface area contributed by atoms with E-state index in [-0.39, 0.29) is 0 Å². The number of hydrogen-bond acceptors (Lipinski definition) is 3. The Morgan fingerprint density at radius 2 is 1.65 bits per heavy atom. The van der Waals surface area contributed by atoms with Gasteiger partial charge in [-0.3, -0.25) is 4.90 Å². The zero-order valence-corrected chi connectivity index (χ0v) is 12.9. The van der Waals surface area contributed by atoms with Crippen LogP contribution in [0.4, 0.5) is 0 Å². The largest absolute Gasteiger partial charge is 0.300 e. The lowest BCUT2D eigenvalue weighted by atomic mass is 9.97. The van der Waals surface area contributed by atoms with Gasteiger partial charge in [-0.05, 0) is 30.9 Å². The summed E-state index contributed by atoms with van der Waals surface area (Å²) >= 11 is 4.48. The lowest BCUT2D eigenvalue weighted by Gasteiger charge is -2.39. The van der Waals surface area contributed by atoms with E-state index in [9.17, 15) is 0 Å². The molecule has 0 aromatic heterocycles. The highest BCUT2D eigenvalue weighted by molar-refractivity contribution is 7.80. The highest BCUT2D eigenvalue weighted by Crippen LogP contribution is 2.16. The van der Waals surface area contributed by atoms with Gasteiger partial charge in [0.25, 0.3) is 0 Å². The van der Waals surface area contributed by atoms with Gasteiger partial charge in [0, 0.05) is 38.8 Å². The van der Waals surface area contributed by atoms with Crippen molar-refractivity contribution < 1.29 is 0 Å². The summed E-state index contributed by atoms with van der Waals surface area (Å²) in [6, 6.07) is 0.753. The van der Waals surface area contributed by atoms with E-state index < -0.39 is 0 Å². The lowest BCUT2D eigenvalue weighted by molar-refractivity contribution is 0.0871. The van der Waals surface area contributed by atoms with Crippen LogP contribution in [0.3, 0.4) is 0 Å². The van der Waals surface area contributed by atoms with Crippen LogP contribution in [0.25, 0.3) is 0 Å². The van der Waals surface area contributed by atoms with Gasteiger partial charge in [0.15, 0.2) is 0 Å². The second-order valence-electron chi connectivity index (χ2n) is 5.78. The minimum atomic E-state index is 0.744. The first-order valence-corrected chi connectivity index (χ1v) is 7.79. The van der Waals surface area contributed by atoms with Crippen LogP contribution in [0.2, 0.25) is 0 Å². The molecule has 2 atom stereocenters. The van der Waals surface area contributed by atoms with Crippen LogP contribution in [-0.4, -0.2) is 54.3 Å². The van der Waals surface area contributed by atoms with Gasteiger partial charge in [0.1, 0.15) is 0 Å². The molecule has 0 aromatic carbocycles. The van der Waals surface area contributed by atoms with Gasteiger partial charge in [-0.2, -0.15) is 12.6 Å². The van der Waals surface area contributed by atoms with Crippen molar-refractivity contribution in [2.24, 2.45) is 11.8 Å². The van der Waals surface area contributed by atoms with Crippen molar-refractivity contribution in [3.8, 4) is 0 Å². The lowest BCUT2D eigenvalue weighted by Crippen LogP contribution is -2.50. The van der Waals surface area contributed by atoms with E-state index in [2.05, 4.69) is 50.1 Å². The van der Waals surface area contributed by atoms with E-state index in [1.807, 2.05) is 0 Å². The quantitative estimate of drug-likeness (QED) is 0.732. The van der Waals surface area contributed by atoms with E-state index in [1.54, 1.807) is 0 Å². The second kappa shape index (κ2) is 7.65. The normalized spacial score (nSPS) is 22.9. The van der Waals surface area contributed by atoms with Crippen molar-refractivity contribution in [2.45, 2.75) is 40.2 Å². The Balaban J connectivity index is 2.31. The van der Waals surface area contributed by atoms with Crippen LogP contribution in [0, 0.1) is 11.8 Å². The molecule has 1 aliphatic heterocycles. The fourth-order valence-electron chi connectivity index (χ4n) is 2.46. The molecule has 2 unspecified atom stereocenters. The number of thiol groups is 1. The maximum atomic E-state index is 4.48. The molecule has 0 amide bonds. The minimum Gasteiger partial charge on any atom is -0.300 e. The van der Waals surface area contributed by atoms with Gasteiger partial charge < -0.3 is 4.90 Å². The summed E-state index contributed by atoms with van der Waals surface area (Å²) < 4.78 is 0. The molecule has 0 bridgehead atoms. The molecule has 1 aliphatic rings. The molecule has 1 fully saturated rings. The minimum absolute atomic E-state index is 0.744. The highest BCUT2D eigenvalue weighted by atomic mass is 32.1. The standard InChI is InChI=1S/C14H30N2S/c1-5-13(4)16-8-6-15(7-9-16)10-14(11-17)12(2)3/h12-14,17H,5-11H2,1-4H3. The van der Waals surface area contributed by atoms with Crippen LogP contribution in [0.1, 0.15) is 34.1 Å². The van der Waals surface area contributed by atoms with Crippen LogP contribution >= 0.6 is 12.6 Å². The fourth-order valence-corrected chi connectivity index (χ4v) is 2.99. The fraction of sp³-hybridized carbons (Fsp3) is 1.00. The van der Waals surface area contributed by atoms with E-state index in [0.717, 1.165) is 23.6 Å². The van der Waals surface area contributed by atoms with Gasteiger partial charge >= 0.3 is 0 Å². The van der Waals surface area contributed by atoms with Crippen LogP contribution in [0.5, 0.6) is 0 Å². The number of nitrogens with zero attached hydrogens (tertiary/aromatic N) is 2. The summed E-state index contributed by atoms with van der Waals surface area (Å²) in [5.41, 5.74) is 0. The van der Waals surface area contributed by atoms with Gasteiger partial charge in [0.2, 0.25) is 0 Å². The van der Waals surface area contributed by atoms with Gasteiger partial charge in [-0.15, -0.1) is 0 Å². The number of piperazine rings is 1. The number of rotatable bonds is 6. The smallest absolute Gasteiger partial charge is 0.0113 e. The first kappa shape index (κ1) is 15.3. The molecule has 0 aliphatic carbocycles. The Morgan fingerprint density at radius 1 is 1.06 bits per heavy atom. The van der Waals surface area contributed by atoms with Crippen molar-refractivity contribution in [3.63, 3.8) is 0 Å². The van der Waals surface area contributed by atoms with Gasteiger partial charge in [0.05, 0.1) is 0 Å². The monoisotopic (exact) mass is 258 g/mol. The van der Waals surface area contributed by atoms with Gasteiger partial charge in [-0.1, -0.05) is 20.8 Å².